The Kier molecular flexibility index (Phi) is 43.9. The number of hydrogen-bond donors (Lipinski definition) is 3. The zero-order valence-corrected chi connectivity index (χ0v) is 42.3. The highest BCUT2D eigenvalue weighted by molar-refractivity contribution is 7.47. The van der Waals surface area contributed by atoms with Crippen molar-refractivity contribution < 1.29 is 32.9 Å². The maximum atomic E-state index is 12.9. The van der Waals surface area contributed by atoms with Gasteiger partial charge in [0.15, 0.2) is 0 Å². The number of allylic oxidation sites excluding steroid dienone is 1. The molecule has 364 valence electrons. The van der Waals surface area contributed by atoms with Crippen LogP contribution in [0.2, 0.25) is 0 Å². The summed E-state index contributed by atoms with van der Waals surface area (Å²) in [5.74, 6) is -0.171. The number of hydrogen-bond acceptors (Lipinski definition) is 5. The van der Waals surface area contributed by atoms with Gasteiger partial charge in [0.1, 0.15) is 13.2 Å². The minimum atomic E-state index is -4.34. The molecule has 0 heterocycles. The molecule has 3 N–H and O–H groups in total. The van der Waals surface area contributed by atoms with E-state index in [2.05, 4.69) is 19.2 Å². The number of unbranched alkanes of at least 4 members (excludes halogenated alkanes) is 36. The van der Waals surface area contributed by atoms with Gasteiger partial charge in [-0.15, -0.1) is 0 Å². The van der Waals surface area contributed by atoms with E-state index in [1.807, 2.05) is 27.2 Å². The summed E-state index contributed by atoms with van der Waals surface area (Å²) in [5, 5.41) is 13.9. The molecule has 0 fully saturated rings. The molecule has 0 aliphatic carbocycles. The highest BCUT2D eigenvalue weighted by Gasteiger charge is 2.27. The van der Waals surface area contributed by atoms with Crippen molar-refractivity contribution in [2.45, 2.75) is 276 Å². The van der Waals surface area contributed by atoms with Crippen LogP contribution in [-0.4, -0.2) is 73.4 Å². The van der Waals surface area contributed by atoms with E-state index in [9.17, 15) is 19.4 Å². The number of rotatable bonds is 49. The van der Waals surface area contributed by atoms with Gasteiger partial charge in [0.25, 0.3) is 0 Å². The standard InChI is InChI=1S/C52H105N2O6P/c1-6-8-10-12-14-16-18-20-22-24-26-27-28-30-32-34-36-38-40-42-44-46-52(56)53-50(49-60-61(57,58)59-48-47-54(3,4)5)51(55)45-43-41-39-37-35-33-31-29-25-23-21-19-17-15-13-11-9-7-2/h43,45,50-51,55H,6-42,44,46-49H2,1-5H3,(H-,53,56,57,58)/p+1/b45-43+. The van der Waals surface area contributed by atoms with Crippen LogP contribution < -0.4 is 5.32 Å². The van der Waals surface area contributed by atoms with E-state index in [1.54, 1.807) is 6.08 Å². The number of likely N-dealkylation sites (N-methyl/N-ethyl adjacent to an activating group) is 1. The lowest BCUT2D eigenvalue weighted by Gasteiger charge is -2.25. The number of nitrogens with one attached hydrogen (secondary N) is 1. The minimum Gasteiger partial charge on any atom is -0.387 e. The first-order valence-corrected chi connectivity index (χ1v) is 28.1. The van der Waals surface area contributed by atoms with Gasteiger partial charge in [0.2, 0.25) is 5.91 Å². The van der Waals surface area contributed by atoms with Crippen molar-refractivity contribution in [2.75, 3.05) is 40.9 Å². The average Bonchev–Trinajstić information content (AvgIpc) is 3.21. The van der Waals surface area contributed by atoms with Crippen molar-refractivity contribution in [1.29, 1.82) is 0 Å². The Labute approximate surface area is 380 Å². The molecule has 0 spiro atoms. The van der Waals surface area contributed by atoms with Crippen molar-refractivity contribution in [3.63, 3.8) is 0 Å². The largest absolute Gasteiger partial charge is 0.472 e. The average molecular weight is 886 g/mol. The Bertz CT molecular complexity index is 1000. The molecular weight excluding hydrogens is 780 g/mol. The molecule has 3 unspecified atom stereocenters. The number of quaternary nitrogens is 1. The number of carbonyl (C=O) groups is 1. The summed E-state index contributed by atoms with van der Waals surface area (Å²) in [6.07, 6.45) is 52.9. The van der Waals surface area contributed by atoms with Crippen LogP contribution in [0.25, 0.3) is 0 Å². The van der Waals surface area contributed by atoms with E-state index < -0.39 is 20.0 Å². The van der Waals surface area contributed by atoms with Gasteiger partial charge >= 0.3 is 7.82 Å². The fourth-order valence-corrected chi connectivity index (χ4v) is 8.78. The summed E-state index contributed by atoms with van der Waals surface area (Å²) in [6, 6.07) is -0.841. The molecule has 0 aliphatic rings. The first-order chi connectivity index (χ1) is 29.5. The molecule has 9 heteroatoms. The van der Waals surface area contributed by atoms with Gasteiger partial charge in [0.05, 0.1) is 39.9 Å². The van der Waals surface area contributed by atoms with Crippen LogP contribution in [0.4, 0.5) is 0 Å². The SMILES string of the molecule is CCCCCCCCCCCCCCCCCC/C=C/C(O)C(COP(=O)(O)OCC[N+](C)(C)C)NC(=O)CCCCCCCCCCCCCCCCCCCCCCC. The van der Waals surface area contributed by atoms with E-state index in [1.165, 1.54) is 212 Å². The quantitative estimate of drug-likeness (QED) is 0.0243. The Morgan fingerprint density at radius 1 is 0.541 bits per heavy atom. The van der Waals surface area contributed by atoms with Crippen LogP contribution in [0, 0.1) is 0 Å². The van der Waals surface area contributed by atoms with Crippen molar-refractivity contribution in [1.82, 2.24) is 5.32 Å². The van der Waals surface area contributed by atoms with E-state index in [-0.39, 0.29) is 19.1 Å². The highest BCUT2D eigenvalue weighted by Crippen LogP contribution is 2.43. The summed E-state index contributed by atoms with van der Waals surface area (Å²) in [5.41, 5.74) is 0. The summed E-state index contributed by atoms with van der Waals surface area (Å²) in [7, 11) is 1.59. The summed E-state index contributed by atoms with van der Waals surface area (Å²) in [6.45, 7) is 4.86. The molecule has 0 saturated carbocycles. The third-order valence-corrected chi connectivity index (χ3v) is 13.2. The van der Waals surface area contributed by atoms with Crippen LogP contribution in [0.1, 0.15) is 264 Å². The Balaban J connectivity index is 4.25. The molecule has 3 atom stereocenters. The first kappa shape index (κ1) is 60.2. The minimum absolute atomic E-state index is 0.0650. The van der Waals surface area contributed by atoms with E-state index >= 15 is 0 Å². The van der Waals surface area contributed by atoms with Crippen LogP contribution >= 0.6 is 7.82 Å². The number of phosphoric ester groups is 1. The number of amides is 1. The lowest BCUT2D eigenvalue weighted by molar-refractivity contribution is -0.870. The number of aliphatic hydroxyl groups excluding tert-OH is 1. The van der Waals surface area contributed by atoms with E-state index in [0.717, 1.165) is 32.1 Å². The second-order valence-corrected chi connectivity index (χ2v) is 21.1. The van der Waals surface area contributed by atoms with Gasteiger partial charge in [-0.3, -0.25) is 13.8 Å². The topological polar surface area (TPSA) is 105 Å². The second kappa shape index (κ2) is 44.4. The van der Waals surface area contributed by atoms with Gasteiger partial charge in [-0.2, -0.15) is 0 Å². The Morgan fingerprint density at radius 2 is 0.869 bits per heavy atom. The van der Waals surface area contributed by atoms with Gasteiger partial charge in [-0.25, -0.2) is 4.57 Å². The van der Waals surface area contributed by atoms with E-state index in [4.69, 9.17) is 9.05 Å². The molecule has 0 radical (unpaired) electrons. The molecule has 0 aromatic rings. The Morgan fingerprint density at radius 3 is 1.21 bits per heavy atom. The lowest BCUT2D eigenvalue weighted by atomic mass is 10.0. The third-order valence-electron chi connectivity index (χ3n) is 12.3. The highest BCUT2D eigenvalue weighted by atomic mass is 31.2. The summed E-state index contributed by atoms with van der Waals surface area (Å²) >= 11 is 0. The molecule has 0 saturated heterocycles. The zero-order chi connectivity index (χ0) is 45.0. The zero-order valence-electron chi connectivity index (χ0n) is 41.4. The predicted octanol–water partition coefficient (Wildman–Crippen LogP) is 15.5. The maximum Gasteiger partial charge on any atom is 0.472 e. The number of aliphatic hydroxyl groups is 1. The van der Waals surface area contributed by atoms with Crippen LogP contribution in [0.5, 0.6) is 0 Å². The van der Waals surface area contributed by atoms with Crippen LogP contribution in [0.3, 0.4) is 0 Å². The first-order valence-electron chi connectivity index (χ1n) is 26.6. The monoisotopic (exact) mass is 886 g/mol. The molecular formula is C52H106N2O6P+. The van der Waals surface area contributed by atoms with Gasteiger partial charge in [-0.05, 0) is 19.3 Å². The van der Waals surface area contributed by atoms with Crippen LogP contribution in [-0.2, 0) is 18.4 Å². The molecule has 0 aliphatic heterocycles. The van der Waals surface area contributed by atoms with Crippen LogP contribution in [0.15, 0.2) is 12.2 Å². The molecule has 61 heavy (non-hydrogen) atoms. The Hall–Kier alpha value is -0.760. The predicted molar refractivity (Wildman–Crippen MR) is 263 cm³/mol. The summed E-state index contributed by atoms with van der Waals surface area (Å²) < 4.78 is 23.7. The van der Waals surface area contributed by atoms with Gasteiger partial charge in [0, 0.05) is 6.42 Å². The maximum absolute atomic E-state index is 12.9. The van der Waals surface area contributed by atoms with Gasteiger partial charge < -0.3 is 19.8 Å². The van der Waals surface area contributed by atoms with Crippen molar-refractivity contribution >= 4 is 13.7 Å². The fourth-order valence-electron chi connectivity index (χ4n) is 8.04. The smallest absolute Gasteiger partial charge is 0.387 e. The molecule has 0 rings (SSSR count). The third kappa shape index (κ3) is 47.0. The molecule has 0 aromatic heterocycles. The summed E-state index contributed by atoms with van der Waals surface area (Å²) in [4.78, 5) is 23.2. The number of nitrogens with zero attached hydrogens (tertiary/aromatic N) is 1. The molecule has 8 nitrogen and oxygen atoms in total. The second-order valence-electron chi connectivity index (χ2n) is 19.6. The molecule has 0 bridgehead atoms. The van der Waals surface area contributed by atoms with Crippen molar-refractivity contribution in [3.8, 4) is 0 Å². The van der Waals surface area contributed by atoms with Crippen molar-refractivity contribution in [3.05, 3.63) is 12.2 Å². The lowest BCUT2D eigenvalue weighted by Crippen LogP contribution is -2.45. The molecule has 1 amide bonds. The number of phosphoric acid groups is 1. The molecule has 0 aromatic carbocycles. The van der Waals surface area contributed by atoms with E-state index in [0.29, 0.717) is 17.4 Å². The number of carbonyl (C=O) groups excluding carboxylic acids is 1. The van der Waals surface area contributed by atoms with Crippen molar-refractivity contribution in [2.24, 2.45) is 0 Å². The normalized spacial score (nSPS) is 14.1. The van der Waals surface area contributed by atoms with Gasteiger partial charge in [-0.1, -0.05) is 251 Å². The fraction of sp³-hybridized carbons (Fsp3) is 0.942.